The van der Waals surface area contributed by atoms with Crippen LogP contribution in [0.3, 0.4) is 0 Å². The minimum Gasteiger partial charge on any atom is -0.356 e. The molecule has 0 aromatic heterocycles. The molecule has 3 nitrogen and oxygen atoms in total. The van der Waals surface area contributed by atoms with Crippen molar-refractivity contribution in [3.8, 4) is 0 Å². The number of hydrogen-bond acceptors (Lipinski definition) is 3. The van der Waals surface area contributed by atoms with Gasteiger partial charge in [0.05, 0.1) is 0 Å². The SMILES string of the molecule is Cc1ccccc1CCNC(=O)CC1CSCCN1.Cl. The van der Waals surface area contributed by atoms with E-state index < -0.39 is 0 Å². The number of carbonyl (C=O) groups is 1. The minimum absolute atomic E-state index is 0. The number of halogens is 1. The van der Waals surface area contributed by atoms with Gasteiger partial charge in [0.2, 0.25) is 5.91 Å². The molecule has 0 saturated carbocycles. The van der Waals surface area contributed by atoms with Crippen LogP contribution in [0, 0.1) is 6.92 Å². The molecule has 1 unspecified atom stereocenters. The van der Waals surface area contributed by atoms with Crippen molar-refractivity contribution in [3.05, 3.63) is 35.4 Å². The second kappa shape index (κ2) is 9.27. The Morgan fingerprint density at radius 2 is 2.25 bits per heavy atom. The minimum atomic E-state index is 0. The summed E-state index contributed by atoms with van der Waals surface area (Å²) in [5.74, 6) is 2.37. The zero-order chi connectivity index (χ0) is 13.5. The summed E-state index contributed by atoms with van der Waals surface area (Å²) in [6, 6.07) is 8.68. The van der Waals surface area contributed by atoms with E-state index in [2.05, 4.69) is 29.7 Å². The molecule has 1 saturated heterocycles. The predicted octanol–water partition coefficient (Wildman–Crippen LogP) is 2.17. The fraction of sp³-hybridized carbons (Fsp3) is 0.533. The van der Waals surface area contributed by atoms with E-state index in [1.165, 1.54) is 11.1 Å². The van der Waals surface area contributed by atoms with Gasteiger partial charge < -0.3 is 10.6 Å². The highest BCUT2D eigenvalue weighted by molar-refractivity contribution is 7.99. The molecule has 1 amide bonds. The molecular formula is C15H23ClN2OS. The van der Waals surface area contributed by atoms with Gasteiger partial charge in [0.15, 0.2) is 0 Å². The number of carbonyl (C=O) groups excluding carboxylic acids is 1. The van der Waals surface area contributed by atoms with Gasteiger partial charge in [-0.1, -0.05) is 24.3 Å². The number of amides is 1. The van der Waals surface area contributed by atoms with Crippen LogP contribution >= 0.6 is 24.2 Å². The van der Waals surface area contributed by atoms with E-state index in [1.54, 1.807) is 0 Å². The first-order valence-electron chi connectivity index (χ1n) is 6.88. The summed E-state index contributed by atoms with van der Waals surface area (Å²) in [6.07, 6.45) is 1.51. The molecule has 2 rings (SSSR count). The van der Waals surface area contributed by atoms with Crippen LogP contribution in [0.1, 0.15) is 17.5 Å². The Kier molecular flexibility index (Phi) is 8.04. The van der Waals surface area contributed by atoms with Crippen molar-refractivity contribution in [2.24, 2.45) is 0 Å². The lowest BCUT2D eigenvalue weighted by Crippen LogP contribution is -2.41. The van der Waals surface area contributed by atoms with Gasteiger partial charge >= 0.3 is 0 Å². The van der Waals surface area contributed by atoms with Gasteiger partial charge in [-0.15, -0.1) is 12.4 Å². The third-order valence-electron chi connectivity index (χ3n) is 3.41. The third kappa shape index (κ3) is 5.73. The number of benzene rings is 1. The van der Waals surface area contributed by atoms with Crippen LogP contribution in [0.15, 0.2) is 24.3 Å². The highest BCUT2D eigenvalue weighted by Gasteiger charge is 2.16. The summed E-state index contributed by atoms with van der Waals surface area (Å²) in [5, 5.41) is 6.40. The highest BCUT2D eigenvalue weighted by atomic mass is 35.5. The van der Waals surface area contributed by atoms with Crippen LogP contribution in [0.4, 0.5) is 0 Å². The molecule has 1 aliphatic rings. The Labute approximate surface area is 131 Å². The maximum absolute atomic E-state index is 11.8. The summed E-state index contributed by atoms with van der Waals surface area (Å²) >= 11 is 1.93. The van der Waals surface area contributed by atoms with Crippen molar-refractivity contribution in [1.82, 2.24) is 10.6 Å². The van der Waals surface area contributed by atoms with Crippen molar-refractivity contribution in [2.75, 3.05) is 24.6 Å². The van der Waals surface area contributed by atoms with Gasteiger partial charge in [0.25, 0.3) is 0 Å². The quantitative estimate of drug-likeness (QED) is 0.875. The normalized spacial score (nSPS) is 18.1. The molecule has 1 aliphatic heterocycles. The first-order valence-corrected chi connectivity index (χ1v) is 8.03. The lowest BCUT2D eigenvalue weighted by molar-refractivity contribution is -0.121. The molecule has 0 bridgehead atoms. The Hall–Kier alpha value is -0.710. The topological polar surface area (TPSA) is 41.1 Å². The number of rotatable bonds is 5. The summed E-state index contributed by atoms with van der Waals surface area (Å²) in [4.78, 5) is 11.8. The van der Waals surface area contributed by atoms with Crippen molar-refractivity contribution in [3.63, 3.8) is 0 Å². The van der Waals surface area contributed by atoms with E-state index in [9.17, 15) is 4.79 Å². The van der Waals surface area contributed by atoms with Crippen LogP contribution in [0.25, 0.3) is 0 Å². The molecule has 1 aromatic rings. The molecular weight excluding hydrogens is 292 g/mol. The van der Waals surface area contributed by atoms with E-state index >= 15 is 0 Å². The average molecular weight is 315 g/mol. The predicted molar refractivity (Wildman–Crippen MR) is 88.9 cm³/mol. The van der Waals surface area contributed by atoms with Gasteiger partial charge in [-0.25, -0.2) is 0 Å². The fourth-order valence-electron chi connectivity index (χ4n) is 2.27. The van der Waals surface area contributed by atoms with Gasteiger partial charge in [0.1, 0.15) is 0 Å². The zero-order valence-corrected chi connectivity index (χ0v) is 13.5. The number of hydrogen-bond donors (Lipinski definition) is 2. The van der Waals surface area contributed by atoms with E-state index in [4.69, 9.17) is 0 Å². The monoisotopic (exact) mass is 314 g/mol. The molecule has 5 heteroatoms. The van der Waals surface area contributed by atoms with Gasteiger partial charge in [-0.05, 0) is 24.5 Å². The van der Waals surface area contributed by atoms with Crippen LogP contribution in [-0.2, 0) is 11.2 Å². The standard InChI is InChI=1S/C15H22N2OS.ClH/c1-12-4-2-3-5-13(12)6-7-17-15(18)10-14-11-19-9-8-16-14;/h2-5,14,16H,6-11H2,1H3,(H,17,18);1H. The van der Waals surface area contributed by atoms with Crippen LogP contribution < -0.4 is 10.6 Å². The molecule has 1 atom stereocenters. The first-order chi connectivity index (χ1) is 9.25. The smallest absolute Gasteiger partial charge is 0.221 e. The highest BCUT2D eigenvalue weighted by Crippen LogP contribution is 2.10. The largest absolute Gasteiger partial charge is 0.356 e. The second-order valence-corrected chi connectivity index (χ2v) is 6.11. The Morgan fingerprint density at radius 1 is 1.45 bits per heavy atom. The van der Waals surface area contributed by atoms with E-state index in [0.29, 0.717) is 12.5 Å². The third-order valence-corrected chi connectivity index (χ3v) is 4.54. The summed E-state index contributed by atoms with van der Waals surface area (Å²) in [6.45, 7) is 3.86. The maximum atomic E-state index is 11.8. The van der Waals surface area contributed by atoms with Crippen LogP contribution in [-0.4, -0.2) is 36.5 Å². The summed E-state index contributed by atoms with van der Waals surface area (Å²) in [7, 11) is 0. The van der Waals surface area contributed by atoms with Crippen LogP contribution in [0.5, 0.6) is 0 Å². The molecule has 1 aromatic carbocycles. The molecule has 2 N–H and O–H groups in total. The van der Waals surface area contributed by atoms with Gasteiger partial charge in [0, 0.05) is 37.1 Å². The Balaban J connectivity index is 0.00000200. The number of aryl methyl sites for hydroxylation is 1. The molecule has 0 spiro atoms. The molecule has 1 fully saturated rings. The Morgan fingerprint density at radius 3 is 2.95 bits per heavy atom. The van der Waals surface area contributed by atoms with Crippen molar-refractivity contribution in [2.45, 2.75) is 25.8 Å². The van der Waals surface area contributed by atoms with E-state index in [0.717, 1.165) is 31.0 Å². The second-order valence-electron chi connectivity index (χ2n) is 4.96. The number of thioether (sulfide) groups is 1. The number of nitrogens with one attached hydrogen (secondary N) is 2. The van der Waals surface area contributed by atoms with Gasteiger partial charge in [-0.3, -0.25) is 4.79 Å². The lowest BCUT2D eigenvalue weighted by Gasteiger charge is -2.22. The van der Waals surface area contributed by atoms with Crippen molar-refractivity contribution >= 4 is 30.1 Å². The molecule has 1 heterocycles. The van der Waals surface area contributed by atoms with Crippen LogP contribution in [0.2, 0.25) is 0 Å². The van der Waals surface area contributed by atoms with Crippen molar-refractivity contribution < 1.29 is 4.79 Å². The first kappa shape index (κ1) is 17.3. The molecule has 20 heavy (non-hydrogen) atoms. The Bertz CT molecular complexity index is 422. The molecule has 0 aliphatic carbocycles. The lowest BCUT2D eigenvalue weighted by atomic mass is 10.1. The fourth-order valence-corrected chi connectivity index (χ4v) is 3.22. The van der Waals surface area contributed by atoms with E-state index in [-0.39, 0.29) is 18.3 Å². The molecule has 0 radical (unpaired) electrons. The maximum Gasteiger partial charge on any atom is 0.221 e. The van der Waals surface area contributed by atoms with Gasteiger partial charge in [-0.2, -0.15) is 11.8 Å². The summed E-state index contributed by atoms with van der Waals surface area (Å²) in [5.41, 5.74) is 2.61. The zero-order valence-electron chi connectivity index (χ0n) is 11.9. The summed E-state index contributed by atoms with van der Waals surface area (Å²) < 4.78 is 0. The molecule has 112 valence electrons. The van der Waals surface area contributed by atoms with Crippen molar-refractivity contribution in [1.29, 1.82) is 0 Å². The van der Waals surface area contributed by atoms with E-state index in [1.807, 2.05) is 23.9 Å². The average Bonchev–Trinajstić information content (AvgIpc) is 2.42.